The molecule has 0 amide bonds. The molecular formula is C11H14N4O. The summed E-state index contributed by atoms with van der Waals surface area (Å²) in [5.74, 6) is 0. The molecule has 1 aromatic carbocycles. The van der Waals surface area contributed by atoms with Gasteiger partial charge in [-0.1, -0.05) is 11.2 Å². The molecule has 5 nitrogen and oxygen atoms in total. The topological polar surface area (TPSA) is 61.2 Å². The molecule has 1 aliphatic heterocycles. The van der Waals surface area contributed by atoms with Crippen LogP contribution in [0.25, 0.3) is 10.4 Å². The molecule has 1 saturated heterocycles. The summed E-state index contributed by atoms with van der Waals surface area (Å²) in [5.41, 5.74) is 11.3. The van der Waals surface area contributed by atoms with E-state index in [4.69, 9.17) is 10.3 Å². The molecule has 0 unspecified atom stereocenters. The lowest BCUT2D eigenvalue weighted by Crippen LogP contribution is -2.36. The Balaban J connectivity index is 2.22. The second-order valence-corrected chi connectivity index (χ2v) is 3.76. The Morgan fingerprint density at radius 1 is 1.38 bits per heavy atom. The minimum Gasteiger partial charge on any atom is -0.378 e. The summed E-state index contributed by atoms with van der Waals surface area (Å²) in [6.45, 7) is 5.34. The second kappa shape index (κ2) is 4.88. The Bertz CT molecular complexity index is 420. The molecule has 1 aliphatic rings. The smallest absolute Gasteiger partial charge is 0.0642 e. The molecule has 0 saturated carbocycles. The fraction of sp³-hybridized carbons (Fsp3) is 0.455. The van der Waals surface area contributed by atoms with E-state index in [1.54, 1.807) is 0 Å². The number of aryl methyl sites for hydroxylation is 1. The van der Waals surface area contributed by atoms with Crippen LogP contribution in [0.2, 0.25) is 0 Å². The normalized spacial score (nSPS) is 15.7. The summed E-state index contributed by atoms with van der Waals surface area (Å²) in [6, 6.07) is 5.90. The number of anilines is 1. The van der Waals surface area contributed by atoms with Crippen LogP contribution in [0.15, 0.2) is 23.3 Å². The van der Waals surface area contributed by atoms with Crippen molar-refractivity contribution >= 4 is 11.4 Å². The Hall–Kier alpha value is -1.71. The van der Waals surface area contributed by atoms with Crippen molar-refractivity contribution in [2.45, 2.75) is 6.92 Å². The quantitative estimate of drug-likeness (QED) is 0.435. The third-order valence-electron chi connectivity index (χ3n) is 2.71. The highest BCUT2D eigenvalue weighted by Gasteiger charge is 2.11. The van der Waals surface area contributed by atoms with Crippen molar-refractivity contribution in [3.8, 4) is 0 Å². The fourth-order valence-corrected chi connectivity index (χ4v) is 1.82. The van der Waals surface area contributed by atoms with E-state index in [9.17, 15) is 0 Å². The maximum atomic E-state index is 8.39. The Morgan fingerprint density at radius 3 is 2.75 bits per heavy atom. The van der Waals surface area contributed by atoms with Gasteiger partial charge in [-0.2, -0.15) is 0 Å². The van der Waals surface area contributed by atoms with E-state index < -0.39 is 0 Å². The monoisotopic (exact) mass is 218 g/mol. The Morgan fingerprint density at radius 2 is 2.12 bits per heavy atom. The molecule has 84 valence electrons. The first-order valence-corrected chi connectivity index (χ1v) is 5.30. The number of benzene rings is 1. The largest absolute Gasteiger partial charge is 0.378 e. The van der Waals surface area contributed by atoms with Gasteiger partial charge in [-0.05, 0) is 30.2 Å². The van der Waals surface area contributed by atoms with Gasteiger partial charge in [0.25, 0.3) is 0 Å². The Labute approximate surface area is 94.3 Å². The number of hydrogen-bond donors (Lipinski definition) is 0. The molecule has 16 heavy (non-hydrogen) atoms. The van der Waals surface area contributed by atoms with Crippen molar-refractivity contribution in [2.75, 3.05) is 31.2 Å². The van der Waals surface area contributed by atoms with Crippen molar-refractivity contribution in [3.05, 3.63) is 34.2 Å². The van der Waals surface area contributed by atoms with Gasteiger partial charge >= 0.3 is 0 Å². The molecule has 2 rings (SSSR count). The molecular weight excluding hydrogens is 204 g/mol. The summed E-state index contributed by atoms with van der Waals surface area (Å²) in [6.07, 6.45) is 0. The van der Waals surface area contributed by atoms with E-state index in [-0.39, 0.29) is 0 Å². The van der Waals surface area contributed by atoms with Gasteiger partial charge in [-0.15, -0.1) is 0 Å². The van der Waals surface area contributed by atoms with E-state index in [1.807, 2.05) is 19.1 Å². The molecule has 1 fully saturated rings. The predicted octanol–water partition coefficient (Wildman–Crippen LogP) is 2.77. The van der Waals surface area contributed by atoms with Crippen LogP contribution in [-0.2, 0) is 4.74 Å². The van der Waals surface area contributed by atoms with E-state index in [1.165, 1.54) is 0 Å². The maximum Gasteiger partial charge on any atom is 0.0642 e. The third-order valence-corrected chi connectivity index (χ3v) is 2.71. The first-order valence-electron chi connectivity index (χ1n) is 5.30. The molecule has 0 N–H and O–H groups in total. The molecule has 0 aliphatic carbocycles. The second-order valence-electron chi connectivity index (χ2n) is 3.76. The van der Waals surface area contributed by atoms with E-state index in [2.05, 4.69) is 21.0 Å². The zero-order chi connectivity index (χ0) is 11.4. The molecule has 0 spiro atoms. The maximum absolute atomic E-state index is 8.39. The highest BCUT2D eigenvalue weighted by molar-refractivity contribution is 5.57. The summed E-state index contributed by atoms with van der Waals surface area (Å²) in [4.78, 5) is 5.07. The third kappa shape index (κ3) is 2.27. The van der Waals surface area contributed by atoms with Crippen LogP contribution in [0.5, 0.6) is 0 Å². The minimum absolute atomic E-state index is 0.694. The van der Waals surface area contributed by atoms with Gasteiger partial charge in [-0.3, -0.25) is 0 Å². The van der Waals surface area contributed by atoms with Gasteiger partial charge in [0, 0.05) is 29.4 Å². The van der Waals surface area contributed by atoms with Crippen LogP contribution < -0.4 is 4.90 Å². The van der Waals surface area contributed by atoms with Crippen LogP contribution in [0.4, 0.5) is 11.4 Å². The highest BCUT2D eigenvalue weighted by Crippen LogP contribution is 2.25. The zero-order valence-electron chi connectivity index (χ0n) is 9.26. The summed E-state index contributed by atoms with van der Waals surface area (Å²) in [7, 11) is 0. The van der Waals surface area contributed by atoms with Gasteiger partial charge in [0.1, 0.15) is 0 Å². The van der Waals surface area contributed by atoms with E-state index >= 15 is 0 Å². The van der Waals surface area contributed by atoms with Crippen LogP contribution in [-0.4, -0.2) is 26.3 Å². The molecule has 5 heteroatoms. The molecule has 1 aromatic rings. The standard InChI is InChI=1S/C11H14N4O/c1-9-8-10(2-3-11(9)13-14-12)15-4-6-16-7-5-15/h2-3,8H,4-7H2,1H3. The van der Waals surface area contributed by atoms with Crippen LogP contribution in [0.1, 0.15) is 5.56 Å². The fourth-order valence-electron chi connectivity index (χ4n) is 1.82. The summed E-state index contributed by atoms with van der Waals surface area (Å²) in [5, 5.41) is 3.63. The van der Waals surface area contributed by atoms with Gasteiger partial charge in [0.05, 0.1) is 13.2 Å². The lowest BCUT2D eigenvalue weighted by atomic mass is 10.1. The SMILES string of the molecule is Cc1cc(N2CCOCC2)ccc1N=[N+]=[N-]. The average molecular weight is 218 g/mol. The number of rotatable bonds is 2. The number of morpholine rings is 1. The van der Waals surface area contributed by atoms with E-state index in [0.29, 0.717) is 5.69 Å². The zero-order valence-corrected chi connectivity index (χ0v) is 9.26. The first kappa shape index (κ1) is 10.8. The van der Waals surface area contributed by atoms with Gasteiger partial charge in [-0.25, -0.2) is 0 Å². The average Bonchev–Trinajstić information content (AvgIpc) is 2.33. The molecule has 0 radical (unpaired) electrons. The first-order chi connectivity index (χ1) is 7.81. The molecule has 1 heterocycles. The van der Waals surface area contributed by atoms with Crippen LogP contribution >= 0.6 is 0 Å². The molecule has 0 atom stereocenters. The minimum atomic E-state index is 0.694. The van der Waals surface area contributed by atoms with Crippen LogP contribution in [0.3, 0.4) is 0 Å². The van der Waals surface area contributed by atoms with Gasteiger partial charge in [0.15, 0.2) is 0 Å². The Kier molecular flexibility index (Phi) is 3.29. The van der Waals surface area contributed by atoms with Gasteiger partial charge < -0.3 is 9.64 Å². The number of azide groups is 1. The lowest BCUT2D eigenvalue weighted by Gasteiger charge is -2.29. The molecule has 0 aromatic heterocycles. The molecule has 0 bridgehead atoms. The van der Waals surface area contributed by atoms with Crippen LogP contribution in [0, 0.1) is 6.92 Å². The van der Waals surface area contributed by atoms with Crippen molar-refractivity contribution in [3.63, 3.8) is 0 Å². The number of hydrogen-bond acceptors (Lipinski definition) is 3. The van der Waals surface area contributed by atoms with Gasteiger partial charge in [0.2, 0.25) is 0 Å². The van der Waals surface area contributed by atoms with Crippen molar-refractivity contribution in [1.82, 2.24) is 0 Å². The summed E-state index contributed by atoms with van der Waals surface area (Å²) < 4.78 is 5.31. The van der Waals surface area contributed by atoms with Crippen molar-refractivity contribution in [2.24, 2.45) is 5.11 Å². The lowest BCUT2D eigenvalue weighted by molar-refractivity contribution is 0.122. The van der Waals surface area contributed by atoms with E-state index in [0.717, 1.165) is 37.6 Å². The van der Waals surface area contributed by atoms with Crippen molar-refractivity contribution < 1.29 is 4.74 Å². The number of ether oxygens (including phenoxy) is 1. The predicted molar refractivity (Wildman–Crippen MR) is 63.0 cm³/mol. The summed E-state index contributed by atoms with van der Waals surface area (Å²) >= 11 is 0. The van der Waals surface area contributed by atoms with Crippen molar-refractivity contribution in [1.29, 1.82) is 0 Å². The highest BCUT2D eigenvalue weighted by atomic mass is 16.5. The number of nitrogens with zero attached hydrogens (tertiary/aromatic N) is 4.